The number of carboxylic acid groups (broad SMARTS) is 1. The number of phenolic OH excluding ortho intramolecular Hbond substituents is 1. The number of thioether (sulfide) groups is 2. The van der Waals surface area contributed by atoms with Crippen LogP contribution in [-0.4, -0.2) is 62.1 Å². The molecule has 0 saturated carbocycles. The predicted octanol–water partition coefficient (Wildman–Crippen LogP) is 1.71. The third-order valence-corrected chi connectivity index (χ3v) is 6.34. The van der Waals surface area contributed by atoms with Crippen molar-refractivity contribution in [3.8, 4) is 5.75 Å². The van der Waals surface area contributed by atoms with Gasteiger partial charge in [0.05, 0.1) is 11.4 Å². The van der Waals surface area contributed by atoms with Gasteiger partial charge in [0, 0.05) is 17.1 Å². The lowest BCUT2D eigenvalue weighted by Crippen LogP contribution is -2.42. The molecule has 0 radical (unpaired) electrons. The van der Waals surface area contributed by atoms with Crippen molar-refractivity contribution in [2.24, 2.45) is 4.99 Å². The third-order valence-electron chi connectivity index (χ3n) is 3.74. The Kier molecular flexibility index (Phi) is 4.14. The van der Waals surface area contributed by atoms with Gasteiger partial charge in [0.15, 0.2) is 0 Å². The van der Waals surface area contributed by atoms with Gasteiger partial charge in [-0.3, -0.25) is 14.7 Å². The summed E-state index contributed by atoms with van der Waals surface area (Å²) >= 11 is 3.27. The van der Waals surface area contributed by atoms with Gasteiger partial charge in [-0.05, 0) is 19.2 Å². The van der Waals surface area contributed by atoms with E-state index in [1.165, 1.54) is 0 Å². The number of carbonyl (C=O) groups is 1. The summed E-state index contributed by atoms with van der Waals surface area (Å²) in [7, 11) is 1.85. The van der Waals surface area contributed by atoms with Gasteiger partial charge in [0.1, 0.15) is 16.8 Å². The summed E-state index contributed by atoms with van der Waals surface area (Å²) in [6.45, 7) is 0. The van der Waals surface area contributed by atoms with Crippen LogP contribution in [0, 0.1) is 0 Å². The predicted molar refractivity (Wildman–Crippen MR) is 86.3 cm³/mol. The lowest BCUT2D eigenvalue weighted by Gasteiger charge is -2.24. The second-order valence-electron chi connectivity index (χ2n) is 5.07. The van der Waals surface area contributed by atoms with Gasteiger partial charge >= 0.3 is 5.97 Å². The Morgan fingerprint density at radius 1 is 1.38 bits per heavy atom. The maximum Gasteiger partial charge on any atom is 0.321 e. The van der Waals surface area contributed by atoms with Crippen molar-refractivity contribution in [2.45, 2.75) is 17.5 Å². The van der Waals surface area contributed by atoms with Crippen LogP contribution in [0.5, 0.6) is 5.75 Å². The number of para-hydroxylation sites is 1. The number of carboxylic acids is 1. The largest absolute Gasteiger partial charge is 0.507 e. The Morgan fingerprint density at radius 3 is 2.81 bits per heavy atom. The van der Waals surface area contributed by atoms with Crippen LogP contribution in [0.2, 0.25) is 0 Å². The summed E-state index contributed by atoms with van der Waals surface area (Å²) in [5.41, 5.74) is 0.755. The number of phenols is 1. The molecule has 1 fully saturated rings. The molecule has 5 nitrogen and oxygen atoms in total. The average Bonchev–Trinajstić information content (AvgIpc) is 3.05. The molecule has 3 atom stereocenters. The summed E-state index contributed by atoms with van der Waals surface area (Å²) in [6.07, 6.45) is 0. The summed E-state index contributed by atoms with van der Waals surface area (Å²) < 4.78 is 0. The molecule has 0 aliphatic carbocycles. The molecule has 3 rings (SSSR count). The molecule has 0 amide bonds. The van der Waals surface area contributed by atoms with E-state index in [9.17, 15) is 15.0 Å². The van der Waals surface area contributed by atoms with E-state index >= 15 is 0 Å². The maximum absolute atomic E-state index is 11.2. The van der Waals surface area contributed by atoms with Gasteiger partial charge in [0.2, 0.25) is 0 Å². The fourth-order valence-corrected chi connectivity index (χ4v) is 5.33. The number of likely N-dealkylation sites (N-methyl/N-ethyl adjacent to an activating group) is 1. The topological polar surface area (TPSA) is 73.1 Å². The normalized spacial score (nSPS) is 29.6. The van der Waals surface area contributed by atoms with Gasteiger partial charge in [-0.2, -0.15) is 0 Å². The fraction of sp³-hybridized carbons (Fsp3) is 0.429. The highest BCUT2D eigenvalue weighted by atomic mass is 32.2. The second-order valence-corrected chi connectivity index (χ2v) is 7.23. The van der Waals surface area contributed by atoms with Crippen LogP contribution >= 0.6 is 23.5 Å². The van der Waals surface area contributed by atoms with Crippen molar-refractivity contribution in [3.63, 3.8) is 0 Å². The van der Waals surface area contributed by atoms with Crippen molar-refractivity contribution < 1.29 is 15.0 Å². The highest BCUT2D eigenvalue weighted by molar-refractivity contribution is 8.14. The zero-order valence-electron chi connectivity index (χ0n) is 11.5. The summed E-state index contributed by atoms with van der Waals surface area (Å²) in [5, 5.41) is 20.0. The van der Waals surface area contributed by atoms with Crippen molar-refractivity contribution in [1.29, 1.82) is 0 Å². The maximum atomic E-state index is 11.2. The minimum Gasteiger partial charge on any atom is -0.507 e. The van der Waals surface area contributed by atoms with Crippen LogP contribution in [0.1, 0.15) is 5.56 Å². The number of hydrogen-bond acceptors (Lipinski definition) is 6. The third kappa shape index (κ3) is 2.77. The van der Waals surface area contributed by atoms with Crippen molar-refractivity contribution in [3.05, 3.63) is 29.8 Å². The Balaban J connectivity index is 1.78. The van der Waals surface area contributed by atoms with E-state index in [0.29, 0.717) is 5.75 Å². The number of hydrogen-bond donors (Lipinski definition) is 2. The molecule has 1 saturated heterocycles. The highest BCUT2D eigenvalue weighted by Gasteiger charge is 2.41. The van der Waals surface area contributed by atoms with E-state index in [-0.39, 0.29) is 17.2 Å². The summed E-state index contributed by atoms with van der Waals surface area (Å²) in [4.78, 5) is 17.8. The molecule has 1 aromatic rings. The quantitative estimate of drug-likeness (QED) is 0.882. The van der Waals surface area contributed by atoms with Crippen LogP contribution in [0.3, 0.4) is 0 Å². The summed E-state index contributed by atoms with van der Waals surface area (Å²) in [5.74, 6) is 0.875. The Hall–Kier alpha value is -1.18. The number of benzene rings is 1. The van der Waals surface area contributed by atoms with E-state index in [1.54, 1.807) is 35.7 Å². The van der Waals surface area contributed by atoms with Gasteiger partial charge in [-0.1, -0.05) is 12.1 Å². The Labute approximate surface area is 131 Å². The van der Waals surface area contributed by atoms with E-state index in [2.05, 4.69) is 0 Å². The van der Waals surface area contributed by atoms with Crippen molar-refractivity contribution >= 4 is 34.5 Å². The average molecular weight is 324 g/mol. The molecular formula is C14H16N2O3S2. The van der Waals surface area contributed by atoms with Crippen LogP contribution in [0.15, 0.2) is 29.3 Å². The lowest BCUT2D eigenvalue weighted by molar-refractivity contribution is -0.141. The smallest absolute Gasteiger partial charge is 0.321 e. The minimum absolute atomic E-state index is 0.0592. The summed E-state index contributed by atoms with van der Waals surface area (Å²) in [6, 6.07) is 6.80. The van der Waals surface area contributed by atoms with E-state index < -0.39 is 12.0 Å². The number of aliphatic imine (C=N–C) groups is 1. The van der Waals surface area contributed by atoms with Gasteiger partial charge in [-0.15, -0.1) is 23.5 Å². The van der Waals surface area contributed by atoms with E-state index in [0.717, 1.165) is 16.4 Å². The molecule has 0 aromatic heterocycles. The van der Waals surface area contributed by atoms with Crippen LogP contribution in [-0.2, 0) is 4.79 Å². The first-order valence-electron chi connectivity index (χ1n) is 6.63. The Morgan fingerprint density at radius 2 is 2.14 bits per heavy atom. The number of aliphatic carboxylic acids is 1. The molecule has 2 heterocycles. The SMILES string of the molecule is CN1C([C@@H]2CSC(c3ccccc3O)=N2)SC[C@H]1C(=O)O. The molecule has 2 N–H and O–H groups in total. The first-order valence-corrected chi connectivity index (χ1v) is 8.66. The molecule has 21 heavy (non-hydrogen) atoms. The fourth-order valence-electron chi connectivity index (χ4n) is 2.57. The number of aromatic hydroxyl groups is 1. The molecule has 112 valence electrons. The lowest BCUT2D eigenvalue weighted by atomic mass is 10.2. The van der Waals surface area contributed by atoms with Crippen LogP contribution < -0.4 is 0 Å². The van der Waals surface area contributed by atoms with E-state index in [4.69, 9.17) is 4.99 Å². The first-order chi connectivity index (χ1) is 10.1. The molecule has 7 heteroatoms. The second kappa shape index (κ2) is 5.90. The zero-order chi connectivity index (χ0) is 15.0. The first kappa shape index (κ1) is 14.7. The molecule has 2 aliphatic rings. The zero-order valence-corrected chi connectivity index (χ0v) is 13.1. The highest BCUT2D eigenvalue weighted by Crippen LogP contribution is 2.37. The monoisotopic (exact) mass is 324 g/mol. The number of nitrogens with zero attached hydrogens (tertiary/aromatic N) is 2. The molecule has 2 aliphatic heterocycles. The van der Waals surface area contributed by atoms with Crippen LogP contribution in [0.25, 0.3) is 0 Å². The van der Waals surface area contributed by atoms with Gasteiger partial charge < -0.3 is 10.2 Å². The van der Waals surface area contributed by atoms with E-state index in [1.807, 2.05) is 24.1 Å². The molecule has 0 bridgehead atoms. The Bertz CT molecular complexity index is 593. The molecule has 1 unspecified atom stereocenters. The molecule has 0 spiro atoms. The van der Waals surface area contributed by atoms with Crippen LogP contribution in [0.4, 0.5) is 0 Å². The standard InChI is InChI=1S/C14H16N2O3S2/c1-16-10(14(18)19)7-21-13(16)9-6-20-12(15-9)8-4-2-3-5-11(8)17/h2-5,9-10,13,17H,6-7H2,1H3,(H,18,19)/t9-,10-,13?/m0/s1. The van der Waals surface area contributed by atoms with Crippen molar-refractivity contribution in [1.82, 2.24) is 4.90 Å². The molecular weight excluding hydrogens is 308 g/mol. The molecule has 1 aromatic carbocycles. The van der Waals surface area contributed by atoms with Gasteiger partial charge in [-0.25, -0.2) is 0 Å². The minimum atomic E-state index is -0.775. The van der Waals surface area contributed by atoms with Crippen molar-refractivity contribution in [2.75, 3.05) is 18.6 Å². The van der Waals surface area contributed by atoms with Gasteiger partial charge in [0.25, 0.3) is 0 Å². The number of rotatable bonds is 3.